The third-order valence-electron chi connectivity index (χ3n) is 2.81. The molecule has 0 fully saturated rings. The van der Waals surface area contributed by atoms with Crippen LogP contribution in [0.25, 0.3) is 6.08 Å². The standard InChI is InChI=1S/C17H13NO2/c1-20-16-9-5-6-13(11-16)10-15(12-18)17(19)14-7-3-2-4-8-14/h2-11H,1H3/b15-10-. The van der Waals surface area contributed by atoms with Gasteiger partial charge in [0.1, 0.15) is 17.4 Å². The number of nitrogens with zero attached hydrogens (tertiary/aromatic N) is 1. The molecule has 0 bridgehead atoms. The van der Waals surface area contributed by atoms with Crippen LogP contribution in [-0.2, 0) is 0 Å². The van der Waals surface area contributed by atoms with Crippen molar-refractivity contribution in [3.63, 3.8) is 0 Å². The van der Waals surface area contributed by atoms with Gasteiger partial charge in [-0.1, -0.05) is 42.5 Å². The normalized spacial score (nSPS) is 10.7. The van der Waals surface area contributed by atoms with E-state index < -0.39 is 0 Å². The van der Waals surface area contributed by atoms with Gasteiger partial charge in [-0.3, -0.25) is 4.79 Å². The highest BCUT2D eigenvalue weighted by Gasteiger charge is 2.11. The Morgan fingerprint density at radius 3 is 2.55 bits per heavy atom. The molecule has 0 amide bonds. The molecule has 0 saturated heterocycles. The average Bonchev–Trinajstić information content (AvgIpc) is 2.53. The van der Waals surface area contributed by atoms with Crippen LogP contribution in [0.3, 0.4) is 0 Å². The van der Waals surface area contributed by atoms with Gasteiger partial charge in [-0.25, -0.2) is 0 Å². The number of methoxy groups -OCH3 is 1. The summed E-state index contributed by atoms with van der Waals surface area (Å²) in [6.45, 7) is 0. The molecule has 0 radical (unpaired) electrons. The van der Waals surface area contributed by atoms with Gasteiger partial charge in [-0.2, -0.15) is 5.26 Å². The number of nitriles is 1. The lowest BCUT2D eigenvalue weighted by atomic mass is 10.0. The second-order valence-electron chi connectivity index (χ2n) is 4.14. The molecule has 0 aliphatic heterocycles. The van der Waals surface area contributed by atoms with Gasteiger partial charge >= 0.3 is 0 Å². The fraction of sp³-hybridized carbons (Fsp3) is 0.0588. The van der Waals surface area contributed by atoms with Crippen LogP contribution in [0.1, 0.15) is 15.9 Å². The number of Topliss-reactive ketones (excluding diaryl/α,β-unsaturated/α-hetero) is 1. The molecule has 0 aromatic heterocycles. The first-order chi connectivity index (χ1) is 9.74. The fourth-order valence-electron chi connectivity index (χ4n) is 1.79. The summed E-state index contributed by atoms with van der Waals surface area (Å²) >= 11 is 0. The van der Waals surface area contributed by atoms with E-state index in [1.54, 1.807) is 43.5 Å². The highest BCUT2D eigenvalue weighted by atomic mass is 16.5. The molecular weight excluding hydrogens is 250 g/mol. The van der Waals surface area contributed by atoms with Crippen LogP contribution in [0.4, 0.5) is 0 Å². The van der Waals surface area contributed by atoms with Crippen molar-refractivity contribution in [1.29, 1.82) is 5.26 Å². The van der Waals surface area contributed by atoms with Crippen molar-refractivity contribution < 1.29 is 9.53 Å². The molecule has 98 valence electrons. The molecule has 0 saturated carbocycles. The topological polar surface area (TPSA) is 50.1 Å². The quantitative estimate of drug-likeness (QED) is 0.482. The number of hydrogen-bond donors (Lipinski definition) is 0. The molecule has 2 aromatic rings. The summed E-state index contributed by atoms with van der Waals surface area (Å²) in [5.41, 5.74) is 1.36. The summed E-state index contributed by atoms with van der Waals surface area (Å²) in [4.78, 5) is 12.2. The fourth-order valence-corrected chi connectivity index (χ4v) is 1.79. The first-order valence-corrected chi connectivity index (χ1v) is 6.10. The second-order valence-corrected chi connectivity index (χ2v) is 4.14. The van der Waals surface area contributed by atoms with Crippen molar-refractivity contribution in [3.05, 3.63) is 71.3 Å². The number of ketones is 1. The maximum atomic E-state index is 12.2. The van der Waals surface area contributed by atoms with E-state index in [4.69, 9.17) is 4.74 Å². The Labute approximate surface area is 117 Å². The van der Waals surface area contributed by atoms with Crippen molar-refractivity contribution in [3.8, 4) is 11.8 Å². The molecule has 0 atom stereocenters. The SMILES string of the molecule is COc1cccc(/C=C(/C#N)C(=O)c2ccccc2)c1. The maximum Gasteiger partial charge on any atom is 0.203 e. The summed E-state index contributed by atoms with van der Waals surface area (Å²) in [5.74, 6) is 0.402. The zero-order valence-corrected chi connectivity index (χ0v) is 11.0. The Morgan fingerprint density at radius 1 is 1.15 bits per heavy atom. The Hall–Kier alpha value is -2.86. The zero-order valence-electron chi connectivity index (χ0n) is 11.0. The van der Waals surface area contributed by atoms with E-state index in [0.29, 0.717) is 11.3 Å². The van der Waals surface area contributed by atoms with E-state index in [2.05, 4.69) is 0 Å². The van der Waals surface area contributed by atoms with Crippen molar-refractivity contribution in [2.45, 2.75) is 0 Å². The molecule has 0 heterocycles. The number of hydrogen-bond acceptors (Lipinski definition) is 3. The van der Waals surface area contributed by atoms with E-state index in [9.17, 15) is 10.1 Å². The second kappa shape index (κ2) is 6.35. The highest BCUT2D eigenvalue weighted by Crippen LogP contribution is 2.17. The van der Waals surface area contributed by atoms with E-state index in [1.165, 1.54) is 0 Å². The third kappa shape index (κ3) is 3.12. The first kappa shape index (κ1) is 13.6. The highest BCUT2D eigenvalue weighted by molar-refractivity contribution is 6.14. The summed E-state index contributed by atoms with van der Waals surface area (Å²) < 4.78 is 5.12. The summed E-state index contributed by atoms with van der Waals surface area (Å²) in [6, 6.07) is 17.9. The van der Waals surface area contributed by atoms with Crippen LogP contribution in [0.5, 0.6) is 5.75 Å². The van der Waals surface area contributed by atoms with Crippen LogP contribution >= 0.6 is 0 Å². The Kier molecular flexibility index (Phi) is 4.31. The zero-order chi connectivity index (χ0) is 14.4. The molecule has 0 aliphatic carbocycles. The van der Waals surface area contributed by atoms with Crippen molar-refractivity contribution in [2.24, 2.45) is 0 Å². The minimum Gasteiger partial charge on any atom is -0.497 e. The monoisotopic (exact) mass is 263 g/mol. The van der Waals surface area contributed by atoms with Gasteiger partial charge in [0, 0.05) is 5.56 Å². The van der Waals surface area contributed by atoms with Gasteiger partial charge < -0.3 is 4.74 Å². The number of benzene rings is 2. The minimum atomic E-state index is -0.282. The molecular formula is C17H13NO2. The van der Waals surface area contributed by atoms with Gasteiger partial charge in [0.2, 0.25) is 5.78 Å². The lowest BCUT2D eigenvalue weighted by Gasteiger charge is -2.02. The Bertz CT molecular complexity index is 682. The van der Waals surface area contributed by atoms with Crippen LogP contribution in [-0.4, -0.2) is 12.9 Å². The van der Waals surface area contributed by atoms with Crippen LogP contribution < -0.4 is 4.74 Å². The van der Waals surface area contributed by atoms with Gasteiger partial charge in [0.05, 0.1) is 7.11 Å². The molecule has 0 unspecified atom stereocenters. The van der Waals surface area contributed by atoms with Gasteiger partial charge in [-0.15, -0.1) is 0 Å². The predicted octanol–water partition coefficient (Wildman–Crippen LogP) is 3.49. The molecule has 2 rings (SSSR count). The smallest absolute Gasteiger partial charge is 0.203 e. The number of ether oxygens (including phenoxy) is 1. The maximum absolute atomic E-state index is 12.2. The lowest BCUT2D eigenvalue weighted by Crippen LogP contribution is -2.01. The van der Waals surface area contributed by atoms with Crippen molar-refractivity contribution in [1.82, 2.24) is 0 Å². The number of allylic oxidation sites excluding steroid dienone is 1. The minimum absolute atomic E-state index is 0.101. The molecule has 20 heavy (non-hydrogen) atoms. The van der Waals surface area contributed by atoms with E-state index in [-0.39, 0.29) is 11.4 Å². The molecule has 0 aliphatic rings. The Morgan fingerprint density at radius 2 is 1.90 bits per heavy atom. The van der Waals surface area contributed by atoms with Crippen LogP contribution in [0.2, 0.25) is 0 Å². The predicted molar refractivity (Wildman–Crippen MR) is 77.4 cm³/mol. The van der Waals surface area contributed by atoms with Gasteiger partial charge in [-0.05, 0) is 23.8 Å². The molecule has 3 nitrogen and oxygen atoms in total. The largest absolute Gasteiger partial charge is 0.497 e. The molecule has 0 N–H and O–H groups in total. The molecule has 0 spiro atoms. The van der Waals surface area contributed by atoms with Crippen LogP contribution in [0, 0.1) is 11.3 Å². The lowest BCUT2D eigenvalue weighted by molar-refractivity contribution is 0.104. The van der Waals surface area contributed by atoms with Crippen LogP contribution in [0.15, 0.2) is 60.2 Å². The van der Waals surface area contributed by atoms with Crippen molar-refractivity contribution >= 4 is 11.9 Å². The van der Waals surface area contributed by atoms with Crippen molar-refractivity contribution in [2.75, 3.05) is 7.11 Å². The number of rotatable bonds is 4. The summed E-state index contributed by atoms with van der Waals surface area (Å²) in [7, 11) is 1.57. The van der Waals surface area contributed by atoms with E-state index in [1.807, 2.05) is 30.3 Å². The number of carbonyl (C=O) groups is 1. The van der Waals surface area contributed by atoms with E-state index in [0.717, 1.165) is 5.56 Å². The first-order valence-electron chi connectivity index (χ1n) is 6.10. The number of carbonyl (C=O) groups excluding carboxylic acids is 1. The summed E-state index contributed by atoms with van der Waals surface area (Å²) in [6.07, 6.45) is 1.57. The Balaban J connectivity index is 2.35. The molecule has 3 heteroatoms. The van der Waals surface area contributed by atoms with Gasteiger partial charge in [0.15, 0.2) is 0 Å². The molecule has 2 aromatic carbocycles. The van der Waals surface area contributed by atoms with E-state index >= 15 is 0 Å². The summed E-state index contributed by atoms with van der Waals surface area (Å²) in [5, 5.41) is 9.18. The third-order valence-corrected chi connectivity index (χ3v) is 2.81. The average molecular weight is 263 g/mol. The van der Waals surface area contributed by atoms with Gasteiger partial charge in [0.25, 0.3) is 0 Å².